The molecule has 0 amide bonds. The molecule has 1 heterocycles. The number of hydrogen-bond donors (Lipinski definition) is 1. The van der Waals surface area contributed by atoms with Crippen LogP contribution in [-0.2, 0) is 6.61 Å². The topological polar surface area (TPSA) is 44.5 Å². The normalized spacial score (nSPS) is 17.4. The van der Waals surface area contributed by atoms with Crippen molar-refractivity contribution in [3.05, 3.63) is 59.7 Å². The van der Waals surface area contributed by atoms with E-state index in [1.54, 1.807) is 0 Å². The summed E-state index contributed by atoms with van der Waals surface area (Å²) < 4.78 is 11.4. The van der Waals surface area contributed by atoms with Gasteiger partial charge < -0.3 is 15.2 Å². The molecular weight excluding hydrogens is 238 g/mol. The minimum absolute atomic E-state index is 0.0454. The van der Waals surface area contributed by atoms with E-state index in [-0.39, 0.29) is 6.04 Å². The molecule has 3 nitrogen and oxygen atoms in total. The lowest BCUT2D eigenvalue weighted by Gasteiger charge is -2.23. The lowest BCUT2D eigenvalue weighted by Crippen LogP contribution is -2.20. The standard InChI is InChI=1S/C16H17NO2/c17-15-8-9-18-16-7-6-13(10-14(15)16)19-11-12-4-2-1-3-5-12/h1-7,10,15H,8-9,11,17H2. The Kier molecular flexibility index (Phi) is 3.38. The largest absolute Gasteiger partial charge is 0.493 e. The Labute approximate surface area is 113 Å². The molecule has 0 fully saturated rings. The number of ether oxygens (including phenoxy) is 2. The van der Waals surface area contributed by atoms with Gasteiger partial charge in [-0.05, 0) is 23.8 Å². The van der Waals surface area contributed by atoms with Gasteiger partial charge in [-0.25, -0.2) is 0 Å². The van der Waals surface area contributed by atoms with E-state index in [0.717, 1.165) is 29.0 Å². The van der Waals surface area contributed by atoms with Crippen molar-refractivity contribution in [1.82, 2.24) is 0 Å². The van der Waals surface area contributed by atoms with Crippen molar-refractivity contribution in [2.75, 3.05) is 6.61 Å². The number of fused-ring (bicyclic) bond motifs is 1. The third kappa shape index (κ3) is 2.71. The molecule has 1 aliphatic rings. The van der Waals surface area contributed by atoms with E-state index in [0.29, 0.717) is 13.2 Å². The van der Waals surface area contributed by atoms with E-state index in [1.165, 1.54) is 0 Å². The SMILES string of the molecule is NC1CCOc2ccc(OCc3ccccc3)cc21. The predicted molar refractivity (Wildman–Crippen MR) is 74.3 cm³/mol. The molecule has 0 radical (unpaired) electrons. The van der Waals surface area contributed by atoms with Crippen LogP contribution in [0.2, 0.25) is 0 Å². The van der Waals surface area contributed by atoms with Crippen LogP contribution in [-0.4, -0.2) is 6.61 Å². The third-order valence-corrected chi connectivity index (χ3v) is 3.32. The number of rotatable bonds is 3. The summed E-state index contributed by atoms with van der Waals surface area (Å²) in [6, 6.07) is 16.0. The molecule has 1 unspecified atom stereocenters. The third-order valence-electron chi connectivity index (χ3n) is 3.32. The second-order valence-corrected chi connectivity index (χ2v) is 4.72. The summed E-state index contributed by atoms with van der Waals surface area (Å²) in [6.45, 7) is 1.26. The maximum atomic E-state index is 6.09. The van der Waals surface area contributed by atoms with E-state index in [9.17, 15) is 0 Å². The van der Waals surface area contributed by atoms with Gasteiger partial charge in [0, 0.05) is 18.0 Å². The summed E-state index contributed by atoms with van der Waals surface area (Å²) in [4.78, 5) is 0. The summed E-state index contributed by atoms with van der Waals surface area (Å²) >= 11 is 0. The Morgan fingerprint density at radius 3 is 2.84 bits per heavy atom. The van der Waals surface area contributed by atoms with Crippen LogP contribution in [0, 0.1) is 0 Å². The highest BCUT2D eigenvalue weighted by atomic mass is 16.5. The highest BCUT2D eigenvalue weighted by Gasteiger charge is 2.18. The summed E-state index contributed by atoms with van der Waals surface area (Å²) in [7, 11) is 0. The van der Waals surface area contributed by atoms with E-state index >= 15 is 0 Å². The summed E-state index contributed by atoms with van der Waals surface area (Å²) in [5.41, 5.74) is 8.28. The first-order valence-electron chi connectivity index (χ1n) is 6.52. The molecule has 1 atom stereocenters. The van der Waals surface area contributed by atoms with Crippen LogP contribution in [0.4, 0.5) is 0 Å². The van der Waals surface area contributed by atoms with Gasteiger partial charge in [0.15, 0.2) is 0 Å². The molecule has 2 N–H and O–H groups in total. The molecule has 1 aliphatic heterocycles. The minimum atomic E-state index is 0.0454. The Bertz CT molecular complexity index is 554. The van der Waals surface area contributed by atoms with Crippen LogP contribution in [0.3, 0.4) is 0 Å². The van der Waals surface area contributed by atoms with Gasteiger partial charge in [0.2, 0.25) is 0 Å². The molecule has 0 spiro atoms. The van der Waals surface area contributed by atoms with Crippen LogP contribution in [0.5, 0.6) is 11.5 Å². The Balaban J connectivity index is 1.74. The Morgan fingerprint density at radius 2 is 2.00 bits per heavy atom. The van der Waals surface area contributed by atoms with Crippen molar-refractivity contribution in [2.45, 2.75) is 19.1 Å². The van der Waals surface area contributed by atoms with Crippen molar-refractivity contribution < 1.29 is 9.47 Å². The second-order valence-electron chi connectivity index (χ2n) is 4.72. The van der Waals surface area contributed by atoms with Crippen molar-refractivity contribution in [1.29, 1.82) is 0 Å². The molecule has 0 bridgehead atoms. The van der Waals surface area contributed by atoms with Gasteiger partial charge in [0.1, 0.15) is 18.1 Å². The monoisotopic (exact) mass is 255 g/mol. The first-order chi connectivity index (χ1) is 9.33. The molecule has 0 aliphatic carbocycles. The zero-order valence-electron chi connectivity index (χ0n) is 10.7. The van der Waals surface area contributed by atoms with Gasteiger partial charge in [-0.1, -0.05) is 30.3 Å². The molecule has 3 heteroatoms. The van der Waals surface area contributed by atoms with E-state index in [2.05, 4.69) is 0 Å². The fourth-order valence-electron chi connectivity index (χ4n) is 2.23. The number of benzene rings is 2. The van der Waals surface area contributed by atoms with Crippen LogP contribution < -0.4 is 15.2 Å². The quantitative estimate of drug-likeness (QED) is 0.916. The zero-order chi connectivity index (χ0) is 13.1. The summed E-state index contributed by atoms with van der Waals surface area (Å²) in [5.74, 6) is 1.72. The first-order valence-corrected chi connectivity index (χ1v) is 6.52. The van der Waals surface area contributed by atoms with E-state index in [4.69, 9.17) is 15.2 Å². The van der Waals surface area contributed by atoms with Crippen molar-refractivity contribution >= 4 is 0 Å². The molecule has 2 aromatic rings. The predicted octanol–water partition coefficient (Wildman–Crippen LogP) is 3.05. The van der Waals surface area contributed by atoms with Crippen molar-refractivity contribution in [3.63, 3.8) is 0 Å². The van der Waals surface area contributed by atoms with Gasteiger partial charge in [-0.2, -0.15) is 0 Å². The van der Waals surface area contributed by atoms with Gasteiger partial charge >= 0.3 is 0 Å². The van der Waals surface area contributed by atoms with Gasteiger partial charge in [0.25, 0.3) is 0 Å². The molecule has 3 rings (SSSR count). The van der Waals surface area contributed by atoms with Crippen LogP contribution in [0.25, 0.3) is 0 Å². The fraction of sp³-hybridized carbons (Fsp3) is 0.250. The Hall–Kier alpha value is -2.00. The van der Waals surface area contributed by atoms with E-state index in [1.807, 2.05) is 48.5 Å². The molecular formula is C16H17NO2. The molecule has 0 saturated heterocycles. The van der Waals surface area contributed by atoms with Gasteiger partial charge in [0.05, 0.1) is 6.61 Å². The number of hydrogen-bond acceptors (Lipinski definition) is 3. The average Bonchev–Trinajstić information content (AvgIpc) is 2.47. The summed E-state index contributed by atoms with van der Waals surface area (Å²) in [6.07, 6.45) is 0.856. The maximum absolute atomic E-state index is 6.09. The number of nitrogens with two attached hydrogens (primary N) is 1. The molecule has 98 valence electrons. The highest BCUT2D eigenvalue weighted by molar-refractivity contribution is 5.43. The van der Waals surface area contributed by atoms with E-state index < -0.39 is 0 Å². The van der Waals surface area contributed by atoms with Gasteiger partial charge in [-0.15, -0.1) is 0 Å². The zero-order valence-corrected chi connectivity index (χ0v) is 10.7. The lowest BCUT2D eigenvalue weighted by molar-refractivity contribution is 0.265. The highest BCUT2D eigenvalue weighted by Crippen LogP contribution is 2.33. The van der Waals surface area contributed by atoms with Crippen molar-refractivity contribution in [3.8, 4) is 11.5 Å². The maximum Gasteiger partial charge on any atom is 0.124 e. The molecule has 0 aromatic heterocycles. The Morgan fingerprint density at radius 1 is 1.16 bits per heavy atom. The fourth-order valence-corrected chi connectivity index (χ4v) is 2.23. The van der Waals surface area contributed by atoms with Crippen LogP contribution >= 0.6 is 0 Å². The molecule has 0 saturated carbocycles. The van der Waals surface area contributed by atoms with Crippen LogP contribution in [0.1, 0.15) is 23.6 Å². The van der Waals surface area contributed by atoms with Crippen LogP contribution in [0.15, 0.2) is 48.5 Å². The van der Waals surface area contributed by atoms with Crippen molar-refractivity contribution in [2.24, 2.45) is 5.73 Å². The molecule has 2 aromatic carbocycles. The first kappa shape index (κ1) is 12.1. The second kappa shape index (κ2) is 5.33. The smallest absolute Gasteiger partial charge is 0.124 e. The minimum Gasteiger partial charge on any atom is -0.493 e. The van der Waals surface area contributed by atoms with Gasteiger partial charge in [-0.3, -0.25) is 0 Å². The average molecular weight is 255 g/mol. The summed E-state index contributed by atoms with van der Waals surface area (Å²) in [5, 5.41) is 0. The lowest BCUT2D eigenvalue weighted by atomic mass is 10.0. The molecule has 19 heavy (non-hydrogen) atoms.